The van der Waals surface area contributed by atoms with Crippen LogP contribution in [0.5, 0.6) is 11.5 Å². The van der Waals surface area contributed by atoms with Crippen molar-refractivity contribution in [3.8, 4) is 11.5 Å². The number of nitrogens with zero attached hydrogens (tertiary/aromatic N) is 2. The lowest BCUT2D eigenvalue weighted by Gasteiger charge is -2.20. The van der Waals surface area contributed by atoms with Crippen molar-refractivity contribution in [3.63, 3.8) is 0 Å². The zero-order valence-electron chi connectivity index (χ0n) is 17.3. The first kappa shape index (κ1) is 19.8. The molecule has 0 spiro atoms. The number of methoxy groups -OCH3 is 1. The van der Waals surface area contributed by atoms with Crippen LogP contribution in [-0.2, 0) is 4.79 Å². The van der Waals surface area contributed by atoms with Gasteiger partial charge < -0.3 is 13.9 Å². The van der Waals surface area contributed by atoms with E-state index in [-0.39, 0.29) is 18.6 Å². The number of hydrogen-bond acceptors (Lipinski definition) is 5. The van der Waals surface area contributed by atoms with Gasteiger partial charge in [-0.15, -0.1) is 0 Å². The number of amides is 1. The molecule has 2 heterocycles. The van der Waals surface area contributed by atoms with Gasteiger partial charge in [-0.2, -0.15) is 5.10 Å². The molecule has 0 saturated carbocycles. The number of aryl methyl sites for hydroxylation is 2. The molecular formula is C24H24N2O4. The minimum absolute atomic E-state index is 0.151. The third-order valence-electron chi connectivity index (χ3n) is 5.09. The van der Waals surface area contributed by atoms with Crippen molar-refractivity contribution >= 4 is 11.6 Å². The Labute approximate surface area is 175 Å². The van der Waals surface area contributed by atoms with Gasteiger partial charge in [0.25, 0.3) is 5.91 Å². The number of carbonyl (C=O) groups is 1. The summed E-state index contributed by atoms with van der Waals surface area (Å²) in [6, 6.07) is 17.1. The molecule has 6 nitrogen and oxygen atoms in total. The van der Waals surface area contributed by atoms with Gasteiger partial charge in [0.1, 0.15) is 11.8 Å². The Kier molecular flexibility index (Phi) is 5.57. The number of rotatable bonds is 6. The summed E-state index contributed by atoms with van der Waals surface area (Å²) in [5.74, 6) is 1.56. The Morgan fingerprint density at radius 2 is 1.87 bits per heavy atom. The van der Waals surface area contributed by atoms with Crippen LogP contribution in [0.2, 0.25) is 0 Å². The molecule has 1 aliphatic heterocycles. The lowest BCUT2D eigenvalue weighted by molar-refractivity contribution is -0.135. The molecule has 0 bridgehead atoms. The number of carbonyl (C=O) groups excluding carboxylic acids is 1. The average molecular weight is 404 g/mol. The molecule has 0 unspecified atom stereocenters. The number of benzene rings is 2. The molecule has 1 atom stereocenters. The Bertz CT molecular complexity index is 1060. The lowest BCUT2D eigenvalue weighted by atomic mass is 10.0. The minimum Gasteiger partial charge on any atom is -0.493 e. The number of furan rings is 1. The molecule has 1 aromatic heterocycles. The molecule has 1 amide bonds. The second kappa shape index (κ2) is 8.45. The molecule has 30 heavy (non-hydrogen) atoms. The average Bonchev–Trinajstić information content (AvgIpc) is 3.43. The summed E-state index contributed by atoms with van der Waals surface area (Å²) in [6.45, 7) is 3.86. The maximum atomic E-state index is 13.0. The zero-order valence-corrected chi connectivity index (χ0v) is 17.3. The topological polar surface area (TPSA) is 64.3 Å². The third kappa shape index (κ3) is 4.08. The van der Waals surface area contributed by atoms with Crippen molar-refractivity contribution < 1.29 is 18.7 Å². The van der Waals surface area contributed by atoms with E-state index in [0.29, 0.717) is 23.7 Å². The van der Waals surface area contributed by atoms with E-state index in [1.165, 1.54) is 10.6 Å². The molecular weight excluding hydrogens is 380 g/mol. The highest BCUT2D eigenvalue weighted by Gasteiger charge is 2.35. The quantitative estimate of drug-likeness (QED) is 0.599. The van der Waals surface area contributed by atoms with Crippen LogP contribution in [-0.4, -0.2) is 30.3 Å². The summed E-state index contributed by atoms with van der Waals surface area (Å²) in [4.78, 5) is 13.0. The Hall–Kier alpha value is -3.54. The Morgan fingerprint density at radius 1 is 1.10 bits per heavy atom. The standard InChI is InChI=1S/C24H24N2O4/c1-16-6-9-18(10-7-16)19-14-20(21-5-4-12-29-21)26(25-19)24(27)15-30-22-11-8-17(2)13-23(22)28-3/h4-13,20H,14-15H2,1-3H3/t20-/m1/s1. The highest BCUT2D eigenvalue weighted by Crippen LogP contribution is 2.34. The van der Waals surface area contributed by atoms with Gasteiger partial charge in [-0.1, -0.05) is 35.9 Å². The van der Waals surface area contributed by atoms with Gasteiger partial charge in [-0.3, -0.25) is 4.79 Å². The molecule has 0 N–H and O–H groups in total. The molecule has 3 aromatic rings. The first-order chi connectivity index (χ1) is 14.5. The molecule has 154 valence electrons. The van der Waals surface area contributed by atoms with Gasteiger partial charge >= 0.3 is 0 Å². The van der Waals surface area contributed by atoms with E-state index in [0.717, 1.165) is 16.8 Å². The van der Waals surface area contributed by atoms with Gasteiger partial charge in [0.05, 0.1) is 19.1 Å². The summed E-state index contributed by atoms with van der Waals surface area (Å²) < 4.78 is 16.7. The first-order valence-corrected chi connectivity index (χ1v) is 9.82. The first-order valence-electron chi connectivity index (χ1n) is 9.82. The summed E-state index contributed by atoms with van der Waals surface area (Å²) in [6.07, 6.45) is 2.19. The van der Waals surface area contributed by atoms with Crippen LogP contribution in [0.15, 0.2) is 70.4 Å². The van der Waals surface area contributed by atoms with Crippen molar-refractivity contribution in [1.82, 2.24) is 5.01 Å². The predicted octanol–water partition coefficient (Wildman–Crippen LogP) is 4.66. The van der Waals surface area contributed by atoms with Crippen molar-refractivity contribution in [2.24, 2.45) is 5.10 Å². The summed E-state index contributed by atoms with van der Waals surface area (Å²) in [5.41, 5.74) is 4.06. The van der Waals surface area contributed by atoms with E-state index in [4.69, 9.17) is 13.9 Å². The van der Waals surface area contributed by atoms with Crippen LogP contribution in [0.4, 0.5) is 0 Å². The van der Waals surface area contributed by atoms with E-state index >= 15 is 0 Å². The largest absolute Gasteiger partial charge is 0.493 e. The van der Waals surface area contributed by atoms with Crippen molar-refractivity contribution in [2.75, 3.05) is 13.7 Å². The second-order valence-electron chi connectivity index (χ2n) is 7.33. The van der Waals surface area contributed by atoms with Gasteiger partial charge in [0, 0.05) is 6.42 Å². The van der Waals surface area contributed by atoms with Crippen LogP contribution >= 0.6 is 0 Å². The van der Waals surface area contributed by atoms with Crippen LogP contribution in [0.1, 0.15) is 34.9 Å². The number of hydrazone groups is 1. The maximum absolute atomic E-state index is 13.0. The SMILES string of the molecule is COc1cc(C)ccc1OCC(=O)N1N=C(c2ccc(C)cc2)C[C@@H]1c1ccco1. The van der Waals surface area contributed by atoms with Gasteiger partial charge in [0.15, 0.2) is 18.1 Å². The maximum Gasteiger partial charge on any atom is 0.281 e. The molecule has 0 fully saturated rings. The van der Waals surface area contributed by atoms with Crippen LogP contribution in [0.3, 0.4) is 0 Å². The summed E-state index contributed by atoms with van der Waals surface area (Å²) in [5, 5.41) is 6.09. The third-order valence-corrected chi connectivity index (χ3v) is 5.09. The van der Waals surface area contributed by atoms with Crippen LogP contribution in [0, 0.1) is 13.8 Å². The van der Waals surface area contributed by atoms with E-state index in [9.17, 15) is 4.79 Å². The minimum atomic E-state index is -0.299. The van der Waals surface area contributed by atoms with Crippen molar-refractivity contribution in [1.29, 1.82) is 0 Å². The Morgan fingerprint density at radius 3 is 2.57 bits per heavy atom. The van der Waals surface area contributed by atoms with E-state index in [2.05, 4.69) is 5.10 Å². The fourth-order valence-corrected chi connectivity index (χ4v) is 3.46. The monoisotopic (exact) mass is 404 g/mol. The molecule has 0 radical (unpaired) electrons. The zero-order chi connectivity index (χ0) is 21.1. The lowest BCUT2D eigenvalue weighted by Crippen LogP contribution is -2.31. The Balaban J connectivity index is 1.55. The highest BCUT2D eigenvalue weighted by molar-refractivity contribution is 6.03. The molecule has 4 rings (SSSR count). The summed E-state index contributed by atoms with van der Waals surface area (Å²) >= 11 is 0. The van der Waals surface area contributed by atoms with Gasteiger partial charge in [-0.05, 0) is 49.2 Å². The predicted molar refractivity (Wildman–Crippen MR) is 114 cm³/mol. The van der Waals surface area contributed by atoms with Crippen molar-refractivity contribution in [3.05, 3.63) is 83.3 Å². The fourth-order valence-electron chi connectivity index (χ4n) is 3.46. The highest BCUT2D eigenvalue weighted by atomic mass is 16.5. The normalized spacial score (nSPS) is 15.8. The van der Waals surface area contributed by atoms with Gasteiger partial charge in [-0.25, -0.2) is 5.01 Å². The smallest absolute Gasteiger partial charge is 0.281 e. The molecule has 0 saturated heterocycles. The van der Waals surface area contributed by atoms with E-state index in [1.807, 2.05) is 62.4 Å². The number of ether oxygens (including phenoxy) is 2. The van der Waals surface area contributed by atoms with Crippen LogP contribution < -0.4 is 9.47 Å². The summed E-state index contributed by atoms with van der Waals surface area (Å²) in [7, 11) is 1.58. The fraction of sp³-hybridized carbons (Fsp3) is 0.250. The van der Waals surface area contributed by atoms with E-state index < -0.39 is 0 Å². The van der Waals surface area contributed by atoms with Gasteiger partial charge in [0.2, 0.25) is 0 Å². The molecule has 2 aromatic carbocycles. The molecule has 6 heteroatoms. The van der Waals surface area contributed by atoms with Crippen LogP contribution in [0.25, 0.3) is 0 Å². The van der Waals surface area contributed by atoms with Crippen molar-refractivity contribution in [2.45, 2.75) is 26.3 Å². The second-order valence-corrected chi connectivity index (χ2v) is 7.33. The van der Waals surface area contributed by atoms with E-state index in [1.54, 1.807) is 19.4 Å². The number of hydrogen-bond donors (Lipinski definition) is 0. The molecule has 1 aliphatic rings. The molecule has 0 aliphatic carbocycles.